The summed E-state index contributed by atoms with van der Waals surface area (Å²) in [6, 6.07) is 9.36. The van der Waals surface area contributed by atoms with E-state index in [0.29, 0.717) is 25.1 Å². The molecule has 154 valence electrons. The first-order chi connectivity index (χ1) is 13.7. The number of carboxylic acids is 1. The number of benzene rings is 1. The molecule has 1 fully saturated rings. The van der Waals surface area contributed by atoms with Gasteiger partial charge in [-0.1, -0.05) is 32.9 Å². The van der Waals surface area contributed by atoms with Crippen molar-refractivity contribution in [3.05, 3.63) is 64.7 Å². The van der Waals surface area contributed by atoms with E-state index in [9.17, 15) is 19.1 Å². The third-order valence-corrected chi connectivity index (χ3v) is 5.29. The van der Waals surface area contributed by atoms with Gasteiger partial charge >= 0.3 is 5.97 Å². The van der Waals surface area contributed by atoms with Gasteiger partial charge in [0, 0.05) is 12.0 Å². The highest BCUT2D eigenvalue weighted by Gasteiger charge is 2.36. The Morgan fingerprint density at radius 1 is 1.14 bits per heavy atom. The van der Waals surface area contributed by atoms with Gasteiger partial charge in [0.25, 0.3) is 0 Å². The molecular formula is C23H27FN2O3. The van der Waals surface area contributed by atoms with E-state index >= 15 is 0 Å². The van der Waals surface area contributed by atoms with Crippen molar-refractivity contribution >= 4 is 11.9 Å². The van der Waals surface area contributed by atoms with Crippen LogP contribution in [0.4, 0.5) is 4.39 Å². The van der Waals surface area contributed by atoms with Crippen LogP contribution in [0.5, 0.6) is 0 Å². The number of likely N-dealkylation sites (tertiary alicyclic amines) is 1. The molecule has 2 heterocycles. The minimum atomic E-state index is -1.02. The molecule has 0 unspecified atom stereocenters. The van der Waals surface area contributed by atoms with Crippen LogP contribution in [0.15, 0.2) is 36.4 Å². The van der Waals surface area contributed by atoms with Gasteiger partial charge in [-0.3, -0.25) is 9.78 Å². The zero-order valence-corrected chi connectivity index (χ0v) is 17.1. The predicted molar refractivity (Wildman–Crippen MR) is 108 cm³/mol. The van der Waals surface area contributed by atoms with Crippen LogP contribution in [0.1, 0.15) is 67.0 Å². The zero-order chi connectivity index (χ0) is 21.2. The Balaban J connectivity index is 1.86. The summed E-state index contributed by atoms with van der Waals surface area (Å²) in [6.45, 7) is 6.40. The summed E-state index contributed by atoms with van der Waals surface area (Å²) in [5.74, 6) is -1.24. The number of amides is 1. The van der Waals surface area contributed by atoms with E-state index in [0.717, 1.165) is 24.1 Å². The van der Waals surface area contributed by atoms with Crippen molar-refractivity contribution in [1.82, 2.24) is 9.88 Å². The molecule has 0 radical (unpaired) electrons. The van der Waals surface area contributed by atoms with E-state index < -0.39 is 11.4 Å². The fourth-order valence-corrected chi connectivity index (χ4v) is 3.75. The van der Waals surface area contributed by atoms with E-state index in [1.807, 2.05) is 25.7 Å². The molecule has 29 heavy (non-hydrogen) atoms. The Morgan fingerprint density at radius 2 is 1.83 bits per heavy atom. The summed E-state index contributed by atoms with van der Waals surface area (Å²) >= 11 is 0. The molecule has 0 spiro atoms. The molecule has 0 aliphatic carbocycles. The molecule has 6 heteroatoms. The van der Waals surface area contributed by atoms with Crippen molar-refractivity contribution < 1.29 is 19.1 Å². The van der Waals surface area contributed by atoms with Gasteiger partial charge in [-0.2, -0.15) is 0 Å². The molecule has 1 atom stereocenters. The van der Waals surface area contributed by atoms with Crippen molar-refractivity contribution in [2.45, 2.75) is 52.5 Å². The number of nitrogens with zero attached hydrogens (tertiary/aromatic N) is 2. The van der Waals surface area contributed by atoms with Gasteiger partial charge < -0.3 is 10.0 Å². The Morgan fingerprint density at radius 3 is 2.45 bits per heavy atom. The molecule has 1 aromatic carbocycles. The molecule has 1 amide bonds. The number of aromatic carboxylic acids is 1. The zero-order valence-electron chi connectivity index (χ0n) is 17.1. The average molecular weight is 398 g/mol. The van der Waals surface area contributed by atoms with Gasteiger partial charge in [0.1, 0.15) is 5.82 Å². The first-order valence-electron chi connectivity index (χ1n) is 9.95. The number of carbonyl (C=O) groups is 2. The summed E-state index contributed by atoms with van der Waals surface area (Å²) in [5, 5.41) is 9.55. The molecular weight excluding hydrogens is 371 g/mol. The number of carboxylic acid groups (broad SMARTS) is 1. The average Bonchev–Trinajstić information content (AvgIpc) is 3.15. The maximum absolute atomic E-state index is 13.1. The third kappa shape index (κ3) is 4.81. The van der Waals surface area contributed by atoms with Crippen molar-refractivity contribution in [3.63, 3.8) is 0 Å². The maximum Gasteiger partial charge on any atom is 0.337 e. The van der Waals surface area contributed by atoms with Crippen molar-refractivity contribution in [3.8, 4) is 0 Å². The van der Waals surface area contributed by atoms with Crippen LogP contribution >= 0.6 is 0 Å². The molecule has 2 aromatic rings. The molecule has 1 saturated heterocycles. The Hall–Kier alpha value is -2.76. The van der Waals surface area contributed by atoms with Crippen LogP contribution in [-0.4, -0.2) is 33.4 Å². The monoisotopic (exact) mass is 398 g/mol. The highest BCUT2D eigenvalue weighted by Crippen LogP contribution is 2.35. The number of rotatable bonds is 5. The number of carbonyl (C=O) groups excluding carboxylic acids is 1. The SMILES string of the molecule is CC(C)(C)C(=O)N1CCC[C@H]1c1ccc(C(=O)O)c(CCc2ccc(F)cc2)n1. The lowest BCUT2D eigenvalue weighted by Gasteiger charge is -2.31. The highest BCUT2D eigenvalue weighted by molar-refractivity contribution is 5.89. The number of halogens is 1. The lowest BCUT2D eigenvalue weighted by Crippen LogP contribution is -2.39. The smallest absolute Gasteiger partial charge is 0.337 e. The normalized spacial score (nSPS) is 16.8. The quantitative estimate of drug-likeness (QED) is 0.810. The Labute approximate surface area is 170 Å². The standard InChI is InChI=1S/C23H27FN2O3/c1-23(2,3)22(29)26-14-4-5-20(26)19-13-11-17(21(27)28)18(25-19)12-8-15-6-9-16(24)10-7-15/h6-7,9-11,13,20H,4-5,8,12,14H2,1-3H3,(H,27,28)/t20-/m0/s1. The van der Waals surface area contributed by atoms with Crippen LogP contribution in [-0.2, 0) is 17.6 Å². The molecule has 1 aromatic heterocycles. The van der Waals surface area contributed by atoms with E-state index in [4.69, 9.17) is 0 Å². The van der Waals surface area contributed by atoms with Crippen molar-refractivity contribution in [2.24, 2.45) is 5.41 Å². The molecule has 0 saturated carbocycles. The fraction of sp³-hybridized carbons (Fsp3) is 0.435. The summed E-state index contributed by atoms with van der Waals surface area (Å²) in [6.07, 6.45) is 2.71. The summed E-state index contributed by atoms with van der Waals surface area (Å²) < 4.78 is 13.1. The van der Waals surface area contributed by atoms with Crippen molar-refractivity contribution in [2.75, 3.05) is 6.54 Å². The first kappa shape index (κ1) is 21.0. The van der Waals surface area contributed by atoms with Gasteiger partial charge in [0.05, 0.1) is 23.0 Å². The summed E-state index contributed by atoms with van der Waals surface area (Å²) in [5.41, 5.74) is 1.84. The second-order valence-corrected chi connectivity index (χ2v) is 8.57. The fourth-order valence-electron chi connectivity index (χ4n) is 3.75. The van der Waals surface area contributed by atoms with Crippen LogP contribution in [0.2, 0.25) is 0 Å². The van der Waals surface area contributed by atoms with Crippen LogP contribution in [0.25, 0.3) is 0 Å². The molecule has 0 bridgehead atoms. The number of pyridine rings is 1. The minimum Gasteiger partial charge on any atom is -0.478 e. The number of hydrogen-bond acceptors (Lipinski definition) is 3. The summed E-state index contributed by atoms with van der Waals surface area (Å²) in [4.78, 5) is 31.0. The topological polar surface area (TPSA) is 70.5 Å². The highest BCUT2D eigenvalue weighted by atomic mass is 19.1. The molecule has 5 nitrogen and oxygen atoms in total. The third-order valence-electron chi connectivity index (χ3n) is 5.29. The summed E-state index contributed by atoms with van der Waals surface area (Å²) in [7, 11) is 0. The van der Waals surface area contributed by atoms with E-state index in [1.165, 1.54) is 12.1 Å². The lowest BCUT2D eigenvalue weighted by atomic mass is 9.94. The second-order valence-electron chi connectivity index (χ2n) is 8.57. The molecule has 1 N–H and O–H groups in total. The number of hydrogen-bond donors (Lipinski definition) is 1. The lowest BCUT2D eigenvalue weighted by molar-refractivity contribution is -0.140. The molecule has 1 aliphatic heterocycles. The van der Waals surface area contributed by atoms with E-state index in [1.54, 1.807) is 24.3 Å². The van der Waals surface area contributed by atoms with Crippen LogP contribution < -0.4 is 0 Å². The molecule has 3 rings (SSSR count). The van der Waals surface area contributed by atoms with Crippen LogP contribution in [0.3, 0.4) is 0 Å². The van der Waals surface area contributed by atoms with Gasteiger partial charge in [-0.15, -0.1) is 0 Å². The van der Waals surface area contributed by atoms with Gasteiger partial charge in [-0.25, -0.2) is 9.18 Å². The van der Waals surface area contributed by atoms with Crippen LogP contribution in [0, 0.1) is 11.2 Å². The predicted octanol–water partition coefficient (Wildman–Crippen LogP) is 4.41. The van der Waals surface area contributed by atoms with Gasteiger partial charge in [0.15, 0.2) is 0 Å². The van der Waals surface area contributed by atoms with E-state index in [-0.39, 0.29) is 23.3 Å². The number of aromatic nitrogens is 1. The van der Waals surface area contributed by atoms with Gasteiger partial charge in [-0.05, 0) is 55.5 Å². The number of aryl methyl sites for hydroxylation is 2. The largest absolute Gasteiger partial charge is 0.478 e. The van der Waals surface area contributed by atoms with Gasteiger partial charge in [0.2, 0.25) is 5.91 Å². The first-order valence-corrected chi connectivity index (χ1v) is 9.95. The molecule has 1 aliphatic rings. The maximum atomic E-state index is 13.1. The second kappa shape index (κ2) is 8.31. The minimum absolute atomic E-state index is 0.0805. The Bertz CT molecular complexity index is 903. The van der Waals surface area contributed by atoms with Crippen molar-refractivity contribution in [1.29, 1.82) is 0 Å². The van der Waals surface area contributed by atoms with E-state index in [2.05, 4.69) is 4.98 Å². The Kier molecular flexibility index (Phi) is 6.01.